The zero-order chi connectivity index (χ0) is 23.0. The molecule has 0 aromatic heterocycles. The minimum atomic E-state index is -4.08. The van der Waals surface area contributed by atoms with Crippen molar-refractivity contribution in [1.29, 1.82) is 0 Å². The molecule has 2 rings (SSSR count). The number of hydrogen-bond donors (Lipinski definition) is 2. The fourth-order valence-corrected chi connectivity index (χ4v) is 4.58. The first-order valence-corrected chi connectivity index (χ1v) is 11.7. The van der Waals surface area contributed by atoms with Gasteiger partial charge in [-0.3, -0.25) is 9.59 Å². The summed E-state index contributed by atoms with van der Waals surface area (Å²) in [6.45, 7) is 3.91. The van der Waals surface area contributed by atoms with Gasteiger partial charge in [0, 0.05) is 10.7 Å². The fourth-order valence-electron chi connectivity index (χ4n) is 2.88. The van der Waals surface area contributed by atoms with Gasteiger partial charge >= 0.3 is 0 Å². The lowest BCUT2D eigenvalue weighted by Crippen LogP contribution is -2.39. The summed E-state index contributed by atoms with van der Waals surface area (Å²) in [6, 6.07) is 11.1. The first kappa shape index (κ1) is 24.5. The van der Waals surface area contributed by atoms with Crippen LogP contribution >= 0.6 is 11.6 Å². The van der Waals surface area contributed by atoms with Crippen LogP contribution in [0.5, 0.6) is 11.5 Å². The van der Waals surface area contributed by atoms with Gasteiger partial charge in [-0.05, 0) is 55.8 Å². The molecule has 2 aromatic rings. The Balaban J connectivity index is 2.08. The summed E-state index contributed by atoms with van der Waals surface area (Å²) in [4.78, 5) is 25.0. The van der Waals surface area contributed by atoms with Gasteiger partial charge in [0.25, 0.3) is 0 Å². The lowest BCUT2D eigenvalue weighted by Gasteiger charge is -2.17. The standard InChI is InChI=1S/C21H25ClN2O6S/c1-4-19(21(26)24-17-12-14(22)6-11-18(17)29-3)31(27,28)13-20(25)23-15-7-9-16(10-8-15)30-5-2/h6-12,19H,4-5,13H2,1-3H3,(H,23,25)(H,24,26). The molecule has 0 saturated carbocycles. The third kappa shape index (κ3) is 6.86. The van der Waals surface area contributed by atoms with E-state index in [0.717, 1.165) is 0 Å². The molecule has 168 valence electrons. The van der Waals surface area contributed by atoms with Gasteiger partial charge in [0.05, 0.1) is 19.4 Å². The van der Waals surface area contributed by atoms with Crippen molar-refractivity contribution in [2.45, 2.75) is 25.5 Å². The van der Waals surface area contributed by atoms with Crippen LogP contribution in [0, 0.1) is 0 Å². The molecule has 8 nitrogen and oxygen atoms in total. The molecule has 1 unspecified atom stereocenters. The largest absolute Gasteiger partial charge is 0.495 e. The second-order valence-electron chi connectivity index (χ2n) is 6.54. The first-order chi connectivity index (χ1) is 14.7. The fraction of sp³-hybridized carbons (Fsp3) is 0.333. The summed E-state index contributed by atoms with van der Waals surface area (Å²) in [6.07, 6.45) is -0.00657. The average molecular weight is 469 g/mol. The summed E-state index contributed by atoms with van der Waals surface area (Å²) in [5, 5.41) is 3.98. The number of hydrogen-bond acceptors (Lipinski definition) is 6. The molecule has 31 heavy (non-hydrogen) atoms. The molecule has 0 aliphatic heterocycles. The van der Waals surface area contributed by atoms with Crippen LogP contribution in [-0.4, -0.2) is 45.0 Å². The Morgan fingerprint density at radius 3 is 2.32 bits per heavy atom. The Bertz CT molecular complexity index is 1020. The van der Waals surface area contributed by atoms with Gasteiger partial charge in [-0.25, -0.2) is 8.42 Å². The van der Waals surface area contributed by atoms with Crippen molar-refractivity contribution < 1.29 is 27.5 Å². The molecule has 1 atom stereocenters. The van der Waals surface area contributed by atoms with E-state index in [-0.39, 0.29) is 12.1 Å². The van der Waals surface area contributed by atoms with Crippen molar-refractivity contribution in [3.63, 3.8) is 0 Å². The van der Waals surface area contributed by atoms with Gasteiger partial charge in [0.1, 0.15) is 22.5 Å². The minimum absolute atomic E-state index is 0.00657. The molecule has 0 spiro atoms. The number of carbonyl (C=O) groups excluding carboxylic acids is 2. The van der Waals surface area contributed by atoms with E-state index in [9.17, 15) is 18.0 Å². The van der Waals surface area contributed by atoms with E-state index in [2.05, 4.69) is 10.6 Å². The van der Waals surface area contributed by atoms with Crippen molar-refractivity contribution >= 4 is 44.6 Å². The molecule has 0 heterocycles. The van der Waals surface area contributed by atoms with Gasteiger partial charge in [-0.2, -0.15) is 0 Å². The van der Waals surface area contributed by atoms with Crippen LogP contribution in [0.15, 0.2) is 42.5 Å². The predicted molar refractivity (Wildman–Crippen MR) is 121 cm³/mol. The lowest BCUT2D eigenvalue weighted by molar-refractivity contribution is -0.115. The SMILES string of the molecule is CCOc1ccc(NC(=O)CS(=O)(=O)C(CC)C(=O)Nc2cc(Cl)ccc2OC)cc1. The monoisotopic (exact) mass is 468 g/mol. The highest BCUT2D eigenvalue weighted by Gasteiger charge is 2.33. The number of anilines is 2. The molecule has 2 aromatic carbocycles. The molecule has 0 aliphatic rings. The van der Waals surface area contributed by atoms with E-state index in [1.165, 1.54) is 13.2 Å². The van der Waals surface area contributed by atoms with Gasteiger partial charge in [-0.15, -0.1) is 0 Å². The van der Waals surface area contributed by atoms with Crippen LogP contribution in [0.2, 0.25) is 5.02 Å². The Hall–Kier alpha value is -2.78. The van der Waals surface area contributed by atoms with E-state index in [1.54, 1.807) is 43.3 Å². The number of sulfone groups is 1. The summed E-state index contributed by atoms with van der Waals surface area (Å²) in [5.74, 6) is -1.38. The van der Waals surface area contributed by atoms with Gasteiger partial charge < -0.3 is 20.1 Å². The molecular formula is C21H25ClN2O6S. The van der Waals surface area contributed by atoms with Gasteiger partial charge in [-0.1, -0.05) is 18.5 Å². The number of methoxy groups -OCH3 is 1. The normalized spacial score (nSPS) is 12.0. The van der Waals surface area contributed by atoms with Crippen molar-refractivity contribution in [2.24, 2.45) is 0 Å². The predicted octanol–water partition coefficient (Wildman–Crippen LogP) is 3.52. The molecule has 0 fully saturated rings. The molecule has 0 aliphatic carbocycles. The number of nitrogens with one attached hydrogen (secondary N) is 2. The minimum Gasteiger partial charge on any atom is -0.495 e. The second kappa shape index (κ2) is 11.0. The number of ether oxygens (including phenoxy) is 2. The highest BCUT2D eigenvalue weighted by atomic mass is 35.5. The topological polar surface area (TPSA) is 111 Å². The molecule has 10 heteroatoms. The van der Waals surface area contributed by atoms with E-state index in [1.807, 2.05) is 6.92 Å². The summed E-state index contributed by atoms with van der Waals surface area (Å²) in [7, 11) is -2.67. The lowest BCUT2D eigenvalue weighted by atomic mass is 10.2. The first-order valence-electron chi connectivity index (χ1n) is 9.58. The van der Waals surface area contributed by atoms with Crippen LogP contribution in [0.3, 0.4) is 0 Å². The van der Waals surface area contributed by atoms with E-state index >= 15 is 0 Å². The Kier molecular flexibility index (Phi) is 8.70. The third-order valence-corrected chi connectivity index (χ3v) is 6.61. The van der Waals surface area contributed by atoms with Crippen LogP contribution < -0.4 is 20.1 Å². The third-order valence-electron chi connectivity index (χ3n) is 4.30. The number of rotatable bonds is 10. The van der Waals surface area contributed by atoms with Crippen LogP contribution in [0.4, 0.5) is 11.4 Å². The maximum absolute atomic E-state index is 12.8. The second-order valence-corrected chi connectivity index (χ2v) is 9.16. The van der Waals surface area contributed by atoms with E-state index in [0.29, 0.717) is 28.8 Å². The summed E-state index contributed by atoms with van der Waals surface area (Å²) < 4.78 is 36.0. The smallest absolute Gasteiger partial charge is 0.242 e. The van der Waals surface area contributed by atoms with Crippen LogP contribution in [0.1, 0.15) is 20.3 Å². The van der Waals surface area contributed by atoms with Crippen molar-refractivity contribution in [1.82, 2.24) is 0 Å². The maximum atomic E-state index is 12.8. The summed E-state index contributed by atoms with van der Waals surface area (Å²) >= 11 is 5.95. The zero-order valence-corrected chi connectivity index (χ0v) is 19.0. The van der Waals surface area contributed by atoms with Crippen molar-refractivity contribution in [3.8, 4) is 11.5 Å². The number of amides is 2. The highest BCUT2D eigenvalue weighted by Crippen LogP contribution is 2.28. The molecule has 0 radical (unpaired) electrons. The van der Waals surface area contributed by atoms with Crippen molar-refractivity contribution in [3.05, 3.63) is 47.5 Å². The Morgan fingerprint density at radius 1 is 1.06 bits per heavy atom. The van der Waals surface area contributed by atoms with E-state index < -0.39 is 32.7 Å². The van der Waals surface area contributed by atoms with Gasteiger partial charge in [0.15, 0.2) is 9.84 Å². The molecule has 0 saturated heterocycles. The molecule has 2 amide bonds. The maximum Gasteiger partial charge on any atom is 0.242 e. The Morgan fingerprint density at radius 2 is 1.74 bits per heavy atom. The number of benzene rings is 2. The molecular weight excluding hydrogens is 444 g/mol. The highest BCUT2D eigenvalue weighted by molar-refractivity contribution is 7.93. The summed E-state index contributed by atoms with van der Waals surface area (Å²) in [5.41, 5.74) is 0.664. The quantitative estimate of drug-likeness (QED) is 0.552. The van der Waals surface area contributed by atoms with E-state index in [4.69, 9.17) is 21.1 Å². The Labute approximate surface area is 186 Å². The van der Waals surface area contributed by atoms with Crippen LogP contribution in [-0.2, 0) is 19.4 Å². The molecule has 2 N–H and O–H groups in total. The van der Waals surface area contributed by atoms with Crippen LogP contribution in [0.25, 0.3) is 0 Å². The molecule has 0 bridgehead atoms. The average Bonchev–Trinajstić information content (AvgIpc) is 2.69. The number of carbonyl (C=O) groups is 2. The van der Waals surface area contributed by atoms with Gasteiger partial charge in [0.2, 0.25) is 11.8 Å². The number of halogens is 1. The van der Waals surface area contributed by atoms with Crippen molar-refractivity contribution in [2.75, 3.05) is 30.1 Å². The zero-order valence-electron chi connectivity index (χ0n) is 17.5.